The van der Waals surface area contributed by atoms with E-state index in [0.717, 1.165) is 6.54 Å². The lowest BCUT2D eigenvalue weighted by Crippen LogP contribution is -2.30. The molecule has 2 nitrogen and oxygen atoms in total. The van der Waals surface area contributed by atoms with Crippen molar-refractivity contribution in [1.82, 2.24) is 10.6 Å². The van der Waals surface area contributed by atoms with E-state index in [9.17, 15) is 0 Å². The minimum atomic E-state index is 0.461. The lowest BCUT2D eigenvalue weighted by molar-refractivity contribution is 0.322. The van der Waals surface area contributed by atoms with Crippen molar-refractivity contribution >= 4 is 0 Å². The van der Waals surface area contributed by atoms with Crippen molar-refractivity contribution in [3.63, 3.8) is 0 Å². The maximum absolute atomic E-state index is 3.60. The third-order valence-corrected chi connectivity index (χ3v) is 4.13. The van der Waals surface area contributed by atoms with E-state index < -0.39 is 0 Å². The Hall–Kier alpha value is -0.0800. The zero-order valence-electron chi connectivity index (χ0n) is 11.7. The molecule has 0 bridgehead atoms. The predicted octanol–water partition coefficient (Wildman–Crippen LogP) is 2.79. The van der Waals surface area contributed by atoms with Gasteiger partial charge in [-0.2, -0.15) is 0 Å². The van der Waals surface area contributed by atoms with Crippen molar-refractivity contribution in [2.75, 3.05) is 26.7 Å². The largest absolute Gasteiger partial charge is 0.319 e. The van der Waals surface area contributed by atoms with Crippen molar-refractivity contribution < 1.29 is 0 Å². The second-order valence-electron chi connectivity index (χ2n) is 6.33. The molecule has 1 aliphatic rings. The molecule has 0 aliphatic heterocycles. The maximum Gasteiger partial charge on any atom is 0.000482 e. The summed E-state index contributed by atoms with van der Waals surface area (Å²) in [7, 11) is 2.07. The lowest BCUT2D eigenvalue weighted by atomic mass is 9.90. The first-order valence-electron chi connectivity index (χ1n) is 6.89. The van der Waals surface area contributed by atoms with Gasteiger partial charge in [-0.3, -0.25) is 0 Å². The molecule has 0 heterocycles. The topological polar surface area (TPSA) is 24.1 Å². The highest BCUT2D eigenvalue weighted by Gasteiger charge is 2.40. The zero-order valence-corrected chi connectivity index (χ0v) is 11.7. The summed E-state index contributed by atoms with van der Waals surface area (Å²) in [5.74, 6) is 0. The number of nitrogens with one attached hydrogen (secondary N) is 2. The minimum absolute atomic E-state index is 0.461. The minimum Gasteiger partial charge on any atom is -0.319 e. The highest BCUT2D eigenvalue weighted by atomic mass is 14.9. The Balaban J connectivity index is 2.00. The van der Waals surface area contributed by atoms with E-state index in [2.05, 4.69) is 38.5 Å². The Kier molecular flexibility index (Phi) is 5.26. The van der Waals surface area contributed by atoms with Crippen LogP contribution in [-0.2, 0) is 0 Å². The summed E-state index contributed by atoms with van der Waals surface area (Å²) in [4.78, 5) is 0. The fraction of sp³-hybridized carbons (Fsp3) is 1.00. The van der Waals surface area contributed by atoms with Crippen molar-refractivity contribution in [2.24, 2.45) is 10.8 Å². The molecule has 1 rings (SSSR count). The number of hydrogen-bond donors (Lipinski definition) is 2. The molecular weight excluding hydrogens is 196 g/mol. The predicted molar refractivity (Wildman–Crippen MR) is 71.8 cm³/mol. The number of rotatable bonds is 9. The van der Waals surface area contributed by atoms with Gasteiger partial charge < -0.3 is 10.6 Å². The Labute approximate surface area is 102 Å². The van der Waals surface area contributed by atoms with Gasteiger partial charge in [-0.05, 0) is 56.5 Å². The summed E-state index contributed by atoms with van der Waals surface area (Å²) in [5, 5.41) is 6.92. The second-order valence-corrected chi connectivity index (χ2v) is 6.33. The molecule has 0 amide bonds. The van der Waals surface area contributed by atoms with Gasteiger partial charge in [-0.1, -0.05) is 20.8 Å². The smallest absolute Gasteiger partial charge is 0.000482 e. The maximum atomic E-state index is 3.60. The first-order valence-corrected chi connectivity index (χ1v) is 6.89. The van der Waals surface area contributed by atoms with Crippen LogP contribution in [0.5, 0.6) is 0 Å². The normalized spacial score (nSPS) is 18.8. The van der Waals surface area contributed by atoms with Crippen LogP contribution in [-0.4, -0.2) is 26.7 Å². The van der Waals surface area contributed by atoms with Gasteiger partial charge in [0.15, 0.2) is 0 Å². The van der Waals surface area contributed by atoms with E-state index in [4.69, 9.17) is 0 Å². The third-order valence-electron chi connectivity index (χ3n) is 4.13. The van der Waals surface area contributed by atoms with Crippen molar-refractivity contribution in [3.8, 4) is 0 Å². The van der Waals surface area contributed by atoms with Gasteiger partial charge in [0.25, 0.3) is 0 Å². The molecule has 0 atom stereocenters. The summed E-state index contributed by atoms with van der Waals surface area (Å²) in [6.07, 6.45) is 6.86. The Morgan fingerprint density at radius 3 is 2.44 bits per heavy atom. The van der Waals surface area contributed by atoms with Gasteiger partial charge in [0.05, 0.1) is 0 Å². The molecule has 0 saturated heterocycles. The number of hydrogen-bond acceptors (Lipinski definition) is 2. The van der Waals surface area contributed by atoms with Crippen molar-refractivity contribution in [1.29, 1.82) is 0 Å². The molecule has 0 aromatic carbocycles. The molecule has 1 aliphatic carbocycles. The summed E-state index contributed by atoms with van der Waals surface area (Å²) in [6.45, 7) is 10.5. The molecule has 2 N–H and O–H groups in total. The van der Waals surface area contributed by atoms with Crippen molar-refractivity contribution in [2.45, 2.75) is 52.9 Å². The van der Waals surface area contributed by atoms with Crippen LogP contribution < -0.4 is 10.6 Å². The Bertz CT molecular complexity index is 195. The molecule has 0 aromatic rings. The summed E-state index contributed by atoms with van der Waals surface area (Å²) < 4.78 is 0. The average molecular weight is 226 g/mol. The fourth-order valence-corrected chi connectivity index (χ4v) is 2.21. The fourth-order valence-electron chi connectivity index (χ4n) is 2.21. The van der Waals surface area contributed by atoms with E-state index in [1.165, 1.54) is 45.2 Å². The van der Waals surface area contributed by atoms with E-state index in [0.29, 0.717) is 10.8 Å². The first kappa shape index (κ1) is 14.0. The lowest BCUT2D eigenvalue weighted by Gasteiger charge is -2.23. The van der Waals surface area contributed by atoms with E-state index in [-0.39, 0.29) is 0 Å². The van der Waals surface area contributed by atoms with Gasteiger partial charge in [0, 0.05) is 13.1 Å². The quantitative estimate of drug-likeness (QED) is 0.591. The molecule has 0 aromatic heterocycles. The molecular formula is C14H30N2. The van der Waals surface area contributed by atoms with E-state index in [1.54, 1.807) is 0 Å². The second kappa shape index (κ2) is 6.02. The zero-order chi connectivity index (χ0) is 12.1. The van der Waals surface area contributed by atoms with Crippen molar-refractivity contribution in [3.05, 3.63) is 0 Å². The van der Waals surface area contributed by atoms with E-state index in [1.807, 2.05) is 0 Å². The van der Waals surface area contributed by atoms with Gasteiger partial charge in [-0.25, -0.2) is 0 Å². The standard InChI is InChI=1S/C14H30N2/c1-5-13(2,3)11-16-10-6-7-14(8-9-14)12-15-4/h15-16H,5-12H2,1-4H3. The van der Waals surface area contributed by atoms with Gasteiger partial charge in [0.2, 0.25) is 0 Å². The van der Waals surface area contributed by atoms with Crippen LogP contribution >= 0.6 is 0 Å². The van der Waals surface area contributed by atoms with Gasteiger partial charge >= 0.3 is 0 Å². The Morgan fingerprint density at radius 2 is 1.94 bits per heavy atom. The molecule has 1 fully saturated rings. The van der Waals surface area contributed by atoms with Gasteiger partial charge in [0.1, 0.15) is 0 Å². The summed E-state index contributed by atoms with van der Waals surface area (Å²) in [5.41, 5.74) is 1.14. The highest BCUT2D eigenvalue weighted by molar-refractivity contribution is 4.94. The Morgan fingerprint density at radius 1 is 1.25 bits per heavy atom. The molecule has 16 heavy (non-hydrogen) atoms. The highest BCUT2D eigenvalue weighted by Crippen LogP contribution is 2.48. The van der Waals surface area contributed by atoms with E-state index >= 15 is 0 Å². The van der Waals surface area contributed by atoms with Crippen LogP contribution in [0.25, 0.3) is 0 Å². The van der Waals surface area contributed by atoms with Crippen LogP contribution in [0.3, 0.4) is 0 Å². The first-order chi connectivity index (χ1) is 7.54. The molecule has 0 unspecified atom stereocenters. The van der Waals surface area contributed by atoms with Crippen LogP contribution in [0, 0.1) is 10.8 Å². The molecule has 96 valence electrons. The molecule has 1 saturated carbocycles. The van der Waals surface area contributed by atoms with Crippen LogP contribution in [0.15, 0.2) is 0 Å². The summed E-state index contributed by atoms with van der Waals surface area (Å²) in [6, 6.07) is 0. The molecule has 2 heteroatoms. The summed E-state index contributed by atoms with van der Waals surface area (Å²) >= 11 is 0. The van der Waals surface area contributed by atoms with Gasteiger partial charge in [-0.15, -0.1) is 0 Å². The molecule has 0 spiro atoms. The molecule has 0 radical (unpaired) electrons. The SMILES string of the molecule is CCC(C)(C)CNCCCC1(CNC)CC1. The van der Waals surface area contributed by atoms with Crippen LogP contribution in [0.1, 0.15) is 52.9 Å². The van der Waals surface area contributed by atoms with Crippen LogP contribution in [0.4, 0.5) is 0 Å². The average Bonchev–Trinajstić information content (AvgIpc) is 2.98. The monoisotopic (exact) mass is 226 g/mol. The van der Waals surface area contributed by atoms with Crippen LogP contribution in [0.2, 0.25) is 0 Å². The third kappa shape index (κ3) is 4.84.